The Morgan fingerprint density at radius 2 is 1.32 bits per heavy atom. The number of ether oxygens (including phenoxy) is 3. The number of halogens is 2. The van der Waals surface area contributed by atoms with E-state index >= 15 is 0 Å². The molecule has 0 spiro atoms. The molecule has 0 unspecified atom stereocenters. The van der Waals surface area contributed by atoms with Crippen LogP contribution in [0.3, 0.4) is 0 Å². The molecule has 0 radical (unpaired) electrons. The summed E-state index contributed by atoms with van der Waals surface area (Å²) in [5.41, 5.74) is 0. The number of rotatable bonds is 5. The fraction of sp³-hybridized carbons (Fsp3) is 1.00. The summed E-state index contributed by atoms with van der Waals surface area (Å²) in [4.78, 5) is 0. The predicted molar refractivity (Wildman–Crippen MR) is 83.1 cm³/mol. The van der Waals surface area contributed by atoms with E-state index in [9.17, 15) is 30.6 Å². The largest absolute Gasteiger partial charge is 0.394 e. The lowest BCUT2D eigenvalue weighted by Crippen LogP contribution is -2.62. The van der Waals surface area contributed by atoms with Crippen LogP contribution in [0.4, 0.5) is 0 Å². The minimum absolute atomic E-state index is 0. The molecular formula is C12H24Cl2O11. The molecule has 0 amide bonds. The third-order valence-electron chi connectivity index (χ3n) is 4.07. The highest BCUT2D eigenvalue weighted by molar-refractivity contribution is 5.85. The molecule has 8 N–H and O–H groups in total. The van der Waals surface area contributed by atoms with Crippen LogP contribution in [0.15, 0.2) is 0 Å². The first-order chi connectivity index (χ1) is 10.8. The van der Waals surface area contributed by atoms with Gasteiger partial charge in [0.1, 0.15) is 49.3 Å². The van der Waals surface area contributed by atoms with Crippen LogP contribution in [0.25, 0.3) is 0 Å². The lowest BCUT2D eigenvalue weighted by molar-refractivity contribution is -0.383. The minimum Gasteiger partial charge on any atom is -0.394 e. The number of hydrogen-bond donors (Lipinski definition) is 8. The summed E-state index contributed by atoms with van der Waals surface area (Å²) in [6.45, 7) is -2.32. The van der Waals surface area contributed by atoms with Crippen LogP contribution in [0.2, 0.25) is 0 Å². The van der Waals surface area contributed by atoms with Gasteiger partial charge in [0, 0.05) is 0 Å². The Bertz CT molecular complexity index is 403. The lowest BCUT2D eigenvalue weighted by atomic mass is 9.99. The van der Waals surface area contributed by atoms with Crippen molar-refractivity contribution in [3.05, 3.63) is 0 Å². The summed E-state index contributed by atoms with van der Waals surface area (Å²) in [7, 11) is 0. The molecule has 11 nitrogen and oxygen atoms in total. The number of aliphatic hydroxyl groups is 8. The van der Waals surface area contributed by atoms with Gasteiger partial charge in [-0.2, -0.15) is 0 Å². The van der Waals surface area contributed by atoms with Gasteiger partial charge in [0.05, 0.1) is 13.2 Å². The van der Waals surface area contributed by atoms with Crippen LogP contribution in [-0.2, 0) is 14.2 Å². The first-order valence-electron chi connectivity index (χ1n) is 7.05. The monoisotopic (exact) mass is 414 g/mol. The fourth-order valence-corrected chi connectivity index (χ4v) is 2.63. The molecule has 0 saturated carbocycles. The Balaban J connectivity index is 0.00000288. The maximum absolute atomic E-state index is 10.00. The molecule has 9 atom stereocenters. The average molecular weight is 415 g/mol. The molecule has 2 heterocycles. The maximum Gasteiger partial charge on any atom is 0.224 e. The van der Waals surface area contributed by atoms with Crippen molar-refractivity contribution in [3.8, 4) is 0 Å². The van der Waals surface area contributed by atoms with Crippen molar-refractivity contribution in [2.75, 3.05) is 19.8 Å². The van der Waals surface area contributed by atoms with E-state index in [4.69, 9.17) is 24.4 Å². The highest BCUT2D eigenvalue weighted by Crippen LogP contribution is 2.35. The maximum atomic E-state index is 10.00. The van der Waals surface area contributed by atoms with E-state index in [-0.39, 0.29) is 24.8 Å². The average Bonchev–Trinajstić information content (AvgIpc) is 2.80. The van der Waals surface area contributed by atoms with Crippen LogP contribution in [0.1, 0.15) is 0 Å². The van der Waals surface area contributed by atoms with Gasteiger partial charge >= 0.3 is 0 Å². The van der Waals surface area contributed by atoms with Crippen molar-refractivity contribution in [1.82, 2.24) is 0 Å². The second-order valence-corrected chi connectivity index (χ2v) is 5.56. The SMILES string of the molecule is Cl.Cl.OC[C@H]1O[C@@](CO)(O[C@H]2O[C@H](CO)[C@@H](O)[C@H](O)[C@H]2O)[C@@H](O)[C@@H]1O. The molecule has 0 aliphatic carbocycles. The molecule has 2 aliphatic rings. The second kappa shape index (κ2) is 9.90. The van der Waals surface area contributed by atoms with Gasteiger partial charge in [0.15, 0.2) is 6.29 Å². The summed E-state index contributed by atoms with van der Waals surface area (Å²) in [6, 6.07) is 0. The van der Waals surface area contributed by atoms with Crippen molar-refractivity contribution in [2.45, 2.75) is 54.8 Å². The van der Waals surface area contributed by atoms with Gasteiger partial charge in [-0.15, -0.1) is 24.8 Å². The molecule has 0 aromatic carbocycles. The van der Waals surface area contributed by atoms with Crippen molar-refractivity contribution < 1.29 is 55.1 Å². The van der Waals surface area contributed by atoms with E-state index in [0.29, 0.717) is 0 Å². The first-order valence-corrected chi connectivity index (χ1v) is 7.05. The smallest absolute Gasteiger partial charge is 0.224 e. The van der Waals surface area contributed by atoms with Crippen molar-refractivity contribution >= 4 is 24.8 Å². The molecule has 2 saturated heterocycles. The standard InChI is InChI=1S/C12H22O11.2ClH/c13-1-4-6(16)8(18)9(19)11(21-4)23-12(3-15)10(20)7(17)5(2-14)22-12;;/h4-11,13-20H,1-3H2;2*1H/t4-,5-,6-,7-,8+,9-,10+,11-,12+;;/m1../s1. The molecule has 0 bridgehead atoms. The normalized spacial score (nSPS) is 47.0. The van der Waals surface area contributed by atoms with E-state index in [0.717, 1.165) is 0 Å². The van der Waals surface area contributed by atoms with Gasteiger partial charge < -0.3 is 55.1 Å². The van der Waals surface area contributed by atoms with E-state index in [1.807, 2.05) is 0 Å². The first kappa shape index (κ1) is 25.1. The summed E-state index contributed by atoms with van der Waals surface area (Å²) in [5.74, 6) is -2.22. The van der Waals surface area contributed by atoms with Crippen LogP contribution in [-0.4, -0.2) is 115 Å². The predicted octanol–water partition coefficient (Wildman–Crippen LogP) is -4.55. The molecule has 2 aliphatic heterocycles. The van der Waals surface area contributed by atoms with E-state index in [1.165, 1.54) is 0 Å². The van der Waals surface area contributed by atoms with Crippen LogP contribution in [0, 0.1) is 0 Å². The minimum atomic E-state index is -2.22. The van der Waals surface area contributed by atoms with Crippen LogP contribution in [0.5, 0.6) is 0 Å². The Morgan fingerprint density at radius 3 is 1.76 bits per heavy atom. The Labute approximate surface area is 155 Å². The molecular weight excluding hydrogens is 391 g/mol. The molecule has 0 aromatic heterocycles. The third kappa shape index (κ3) is 4.52. The Hall–Kier alpha value is 0.140. The summed E-state index contributed by atoms with van der Waals surface area (Å²) in [5, 5.41) is 76.7. The summed E-state index contributed by atoms with van der Waals surface area (Å²) >= 11 is 0. The van der Waals surface area contributed by atoms with Crippen molar-refractivity contribution in [2.24, 2.45) is 0 Å². The molecule has 13 heteroatoms. The second-order valence-electron chi connectivity index (χ2n) is 5.56. The fourth-order valence-electron chi connectivity index (χ4n) is 2.63. The van der Waals surface area contributed by atoms with E-state index in [2.05, 4.69) is 0 Å². The van der Waals surface area contributed by atoms with Crippen LogP contribution >= 0.6 is 24.8 Å². The Kier molecular flexibility index (Phi) is 9.95. The number of aliphatic hydroxyl groups excluding tert-OH is 8. The van der Waals surface area contributed by atoms with Gasteiger partial charge in [0.25, 0.3) is 0 Å². The summed E-state index contributed by atoms with van der Waals surface area (Å²) < 4.78 is 15.4. The summed E-state index contributed by atoms with van der Waals surface area (Å²) in [6.07, 6.45) is -12.7. The lowest BCUT2D eigenvalue weighted by Gasteiger charge is -2.43. The quantitative estimate of drug-likeness (QED) is 0.216. The molecule has 2 rings (SSSR count). The number of hydrogen-bond acceptors (Lipinski definition) is 11. The van der Waals surface area contributed by atoms with Gasteiger partial charge in [-0.25, -0.2) is 0 Å². The third-order valence-corrected chi connectivity index (χ3v) is 4.07. The Morgan fingerprint density at radius 1 is 0.760 bits per heavy atom. The van der Waals surface area contributed by atoms with Gasteiger partial charge in [-0.05, 0) is 0 Å². The van der Waals surface area contributed by atoms with Crippen LogP contribution < -0.4 is 0 Å². The van der Waals surface area contributed by atoms with E-state index < -0.39 is 74.6 Å². The zero-order chi connectivity index (χ0) is 17.4. The highest BCUT2D eigenvalue weighted by atomic mass is 35.5. The van der Waals surface area contributed by atoms with Gasteiger partial charge in [0.2, 0.25) is 5.79 Å². The molecule has 0 aromatic rings. The topological polar surface area (TPSA) is 190 Å². The van der Waals surface area contributed by atoms with E-state index in [1.54, 1.807) is 0 Å². The zero-order valence-electron chi connectivity index (χ0n) is 12.9. The van der Waals surface area contributed by atoms with Gasteiger partial charge in [-0.1, -0.05) is 0 Å². The molecule has 25 heavy (non-hydrogen) atoms. The van der Waals surface area contributed by atoms with Crippen molar-refractivity contribution in [1.29, 1.82) is 0 Å². The highest BCUT2D eigenvalue weighted by Gasteiger charge is 2.58. The zero-order valence-corrected chi connectivity index (χ0v) is 14.5. The van der Waals surface area contributed by atoms with Gasteiger partial charge in [-0.3, -0.25) is 0 Å². The van der Waals surface area contributed by atoms with Crippen molar-refractivity contribution in [3.63, 3.8) is 0 Å². The molecule has 2 fully saturated rings. The molecule has 152 valence electrons.